The molecule has 28 heavy (non-hydrogen) atoms. The van der Waals surface area contributed by atoms with Crippen molar-refractivity contribution < 1.29 is 9.31 Å². The molecule has 7 nitrogen and oxygen atoms in total. The molecule has 0 unspecified atom stereocenters. The fourth-order valence-electron chi connectivity index (χ4n) is 2.51. The molecule has 0 N–H and O–H groups in total. The third-order valence-electron chi connectivity index (χ3n) is 3.77. The minimum absolute atomic E-state index is 0.0615. The highest BCUT2D eigenvalue weighted by Gasteiger charge is 2.14. The van der Waals surface area contributed by atoms with Crippen LogP contribution in [0.3, 0.4) is 0 Å². The molecule has 1 aromatic heterocycles. The van der Waals surface area contributed by atoms with Crippen molar-refractivity contribution in [3.8, 4) is 17.8 Å². The summed E-state index contributed by atoms with van der Waals surface area (Å²) in [5, 5.41) is 29.7. The number of hydrogen-bond donors (Lipinski definition) is 0. The number of nitriles is 2. The van der Waals surface area contributed by atoms with Gasteiger partial charge in [0, 0.05) is 6.07 Å². The SMILES string of the molecule is N#CC(C#N)=c1s/c(=C\c2ccccc2[N+](=O)[O-])c(=O)n1-c1ccc(F)cc1. The zero-order valence-corrected chi connectivity index (χ0v) is 14.8. The Balaban J connectivity index is 2.41. The van der Waals surface area contributed by atoms with Gasteiger partial charge in [0.2, 0.25) is 0 Å². The van der Waals surface area contributed by atoms with E-state index in [-0.39, 0.29) is 31.7 Å². The van der Waals surface area contributed by atoms with Crippen LogP contribution in [-0.2, 0) is 0 Å². The van der Waals surface area contributed by atoms with Gasteiger partial charge in [-0.1, -0.05) is 12.1 Å². The monoisotopic (exact) mass is 392 g/mol. The minimum atomic E-state index is -0.576. The highest BCUT2D eigenvalue weighted by Crippen LogP contribution is 2.18. The molecule has 0 bridgehead atoms. The lowest BCUT2D eigenvalue weighted by molar-refractivity contribution is -0.385. The van der Waals surface area contributed by atoms with Crippen molar-refractivity contribution in [2.45, 2.75) is 0 Å². The van der Waals surface area contributed by atoms with Gasteiger partial charge in [-0.2, -0.15) is 10.5 Å². The molecule has 0 aliphatic rings. The second-order valence-electron chi connectivity index (χ2n) is 5.45. The molecule has 0 spiro atoms. The van der Waals surface area contributed by atoms with Crippen LogP contribution >= 0.6 is 11.3 Å². The smallest absolute Gasteiger partial charge is 0.267 e. The highest BCUT2D eigenvalue weighted by atomic mass is 32.1. The molecule has 0 radical (unpaired) electrons. The summed E-state index contributed by atoms with van der Waals surface area (Å²) in [4.78, 5) is 23.6. The lowest BCUT2D eigenvalue weighted by Crippen LogP contribution is -2.30. The van der Waals surface area contributed by atoms with Crippen LogP contribution in [0.5, 0.6) is 0 Å². The molecule has 0 amide bonds. The number of nitro benzene ring substituents is 1. The van der Waals surface area contributed by atoms with Crippen molar-refractivity contribution in [1.29, 1.82) is 10.5 Å². The van der Waals surface area contributed by atoms with Crippen molar-refractivity contribution in [3.05, 3.63) is 89.6 Å². The molecular weight excluding hydrogens is 383 g/mol. The van der Waals surface area contributed by atoms with Crippen molar-refractivity contribution >= 4 is 28.7 Å². The normalized spacial score (nSPS) is 10.9. The zero-order valence-electron chi connectivity index (χ0n) is 14.0. The first-order valence-corrected chi connectivity index (χ1v) is 8.55. The number of para-hydroxylation sites is 1. The largest absolute Gasteiger partial charge is 0.276 e. The Morgan fingerprint density at radius 2 is 1.79 bits per heavy atom. The van der Waals surface area contributed by atoms with Gasteiger partial charge >= 0.3 is 0 Å². The van der Waals surface area contributed by atoms with Gasteiger partial charge in [0.05, 0.1) is 20.7 Å². The van der Waals surface area contributed by atoms with Crippen LogP contribution in [0, 0.1) is 38.6 Å². The Hall–Kier alpha value is -4.08. The molecular formula is C19H9FN4O3S. The van der Waals surface area contributed by atoms with Crippen LogP contribution in [0.4, 0.5) is 10.1 Å². The molecule has 0 fully saturated rings. The summed E-state index contributed by atoms with van der Waals surface area (Å²) in [5.41, 5.74) is -0.585. The molecule has 3 rings (SSSR count). The van der Waals surface area contributed by atoms with Crippen LogP contribution in [0.15, 0.2) is 53.3 Å². The van der Waals surface area contributed by atoms with Gasteiger partial charge < -0.3 is 0 Å². The van der Waals surface area contributed by atoms with E-state index < -0.39 is 16.3 Å². The highest BCUT2D eigenvalue weighted by molar-refractivity contribution is 7.07. The zero-order chi connectivity index (χ0) is 20.3. The van der Waals surface area contributed by atoms with Gasteiger partial charge in [0.25, 0.3) is 11.2 Å². The van der Waals surface area contributed by atoms with Crippen LogP contribution in [-0.4, -0.2) is 9.49 Å². The van der Waals surface area contributed by atoms with E-state index >= 15 is 0 Å². The third-order valence-corrected chi connectivity index (χ3v) is 4.86. The molecule has 9 heteroatoms. The molecule has 1 heterocycles. The van der Waals surface area contributed by atoms with E-state index in [0.717, 1.165) is 28.0 Å². The summed E-state index contributed by atoms with van der Waals surface area (Å²) in [6.45, 7) is 0. The summed E-state index contributed by atoms with van der Waals surface area (Å²) in [7, 11) is 0. The van der Waals surface area contributed by atoms with Crippen molar-refractivity contribution in [3.63, 3.8) is 0 Å². The maximum atomic E-state index is 13.2. The number of thiazole rings is 1. The Morgan fingerprint density at radius 3 is 2.39 bits per heavy atom. The summed E-state index contributed by atoms with van der Waals surface area (Å²) in [6, 6.07) is 14.3. The number of nitrogens with zero attached hydrogens (tertiary/aromatic N) is 4. The number of halogens is 1. The van der Waals surface area contributed by atoms with Gasteiger partial charge in [-0.25, -0.2) is 4.39 Å². The predicted octanol–water partition coefficient (Wildman–Crippen LogP) is 1.97. The first kappa shape index (κ1) is 18.7. The van der Waals surface area contributed by atoms with Gasteiger partial charge in [0.15, 0.2) is 5.57 Å². The summed E-state index contributed by atoms with van der Waals surface area (Å²) in [6.07, 6.45) is 1.33. The number of benzene rings is 2. The molecule has 0 atom stereocenters. The summed E-state index contributed by atoms with van der Waals surface area (Å²) < 4.78 is 14.5. The van der Waals surface area contributed by atoms with E-state index in [0.29, 0.717) is 0 Å². The number of aromatic nitrogens is 1. The molecule has 0 aliphatic heterocycles. The molecule has 0 aliphatic carbocycles. The molecule has 2 aromatic carbocycles. The second kappa shape index (κ2) is 7.66. The van der Waals surface area contributed by atoms with E-state index in [4.69, 9.17) is 0 Å². The Labute approximate surface area is 160 Å². The number of rotatable bonds is 3. The Bertz CT molecular complexity index is 1330. The number of hydrogen-bond acceptors (Lipinski definition) is 6. The van der Waals surface area contributed by atoms with E-state index in [1.165, 1.54) is 36.4 Å². The molecule has 0 saturated carbocycles. The average molecular weight is 392 g/mol. The quantitative estimate of drug-likeness (QED) is 0.500. The van der Waals surface area contributed by atoms with Crippen molar-refractivity contribution in [2.75, 3.05) is 0 Å². The summed E-state index contributed by atoms with van der Waals surface area (Å²) in [5.74, 6) is -0.509. The Morgan fingerprint density at radius 1 is 1.14 bits per heavy atom. The van der Waals surface area contributed by atoms with Gasteiger partial charge in [-0.15, -0.1) is 11.3 Å². The summed E-state index contributed by atoms with van der Waals surface area (Å²) >= 11 is 0.854. The average Bonchev–Trinajstić information content (AvgIpc) is 3.00. The topological polar surface area (TPSA) is 113 Å². The Kier molecular flexibility index (Phi) is 5.12. The predicted molar refractivity (Wildman–Crippen MR) is 100 cm³/mol. The molecule has 0 saturated heterocycles. The second-order valence-corrected chi connectivity index (χ2v) is 6.48. The third kappa shape index (κ3) is 3.43. The van der Waals surface area contributed by atoms with Crippen LogP contribution in [0.1, 0.15) is 5.56 Å². The van der Waals surface area contributed by atoms with Crippen LogP contribution in [0.2, 0.25) is 0 Å². The lowest BCUT2D eigenvalue weighted by Gasteiger charge is -2.01. The van der Waals surface area contributed by atoms with E-state index in [1.54, 1.807) is 18.2 Å². The molecule has 3 aromatic rings. The lowest BCUT2D eigenvalue weighted by atomic mass is 10.2. The fourth-order valence-corrected chi connectivity index (χ4v) is 3.56. The maximum absolute atomic E-state index is 13.2. The maximum Gasteiger partial charge on any atom is 0.276 e. The molecule has 136 valence electrons. The van der Waals surface area contributed by atoms with Crippen LogP contribution < -0.4 is 14.8 Å². The first-order chi connectivity index (χ1) is 13.5. The van der Waals surface area contributed by atoms with Gasteiger partial charge in [-0.3, -0.25) is 19.5 Å². The first-order valence-electron chi connectivity index (χ1n) is 7.73. The van der Waals surface area contributed by atoms with Crippen molar-refractivity contribution in [2.24, 2.45) is 0 Å². The minimum Gasteiger partial charge on any atom is -0.267 e. The van der Waals surface area contributed by atoms with E-state index in [9.17, 15) is 29.8 Å². The van der Waals surface area contributed by atoms with Crippen molar-refractivity contribution in [1.82, 2.24) is 4.57 Å². The van der Waals surface area contributed by atoms with Gasteiger partial charge in [-0.05, 0) is 36.4 Å². The standard InChI is InChI=1S/C19H9FN4O3S/c20-14-5-7-15(8-6-14)23-18(25)17(28-19(23)13(10-21)11-22)9-12-3-1-2-4-16(12)24(26)27/h1-9H/b17-9-. The van der Waals surface area contributed by atoms with E-state index in [2.05, 4.69) is 0 Å². The van der Waals surface area contributed by atoms with Crippen LogP contribution in [0.25, 0.3) is 17.3 Å². The fraction of sp³-hybridized carbons (Fsp3) is 0. The number of nitro groups is 1. The van der Waals surface area contributed by atoms with E-state index in [1.807, 2.05) is 0 Å². The van der Waals surface area contributed by atoms with Gasteiger partial charge in [0.1, 0.15) is 22.6 Å².